The minimum atomic E-state index is -3.35. The molecule has 1 unspecified atom stereocenters. The van der Waals surface area contributed by atoms with Gasteiger partial charge in [-0.05, 0) is 0 Å². The summed E-state index contributed by atoms with van der Waals surface area (Å²) in [4.78, 5) is 0. The van der Waals surface area contributed by atoms with Crippen molar-refractivity contribution in [1.82, 2.24) is 0 Å². The molecule has 0 N–H and O–H groups in total. The lowest BCUT2D eigenvalue weighted by Crippen LogP contribution is -2.12. The van der Waals surface area contributed by atoms with Gasteiger partial charge in [-0.25, -0.2) is 0 Å². The molecule has 0 fully saturated rings. The van der Waals surface area contributed by atoms with Crippen LogP contribution in [-0.2, 0) is 23.1 Å². The van der Waals surface area contributed by atoms with E-state index < -0.39 is 13.9 Å². The maximum absolute atomic E-state index is 12.4. The van der Waals surface area contributed by atoms with Crippen LogP contribution in [0.25, 0.3) is 5.31 Å². The van der Waals surface area contributed by atoms with Crippen LogP contribution in [-0.4, -0.2) is 21.3 Å². The van der Waals surface area contributed by atoms with Gasteiger partial charge in [-0.2, -0.15) is 0 Å². The Morgan fingerprint density at radius 3 is 2.44 bits per heavy atom. The summed E-state index contributed by atoms with van der Waals surface area (Å²) in [5.74, 6) is 0. The Balaban J connectivity index is 2.53. The molecule has 0 aromatic heterocycles. The number of benzene rings is 1. The summed E-state index contributed by atoms with van der Waals surface area (Å²) in [5, 5.41) is 0.399. The van der Waals surface area contributed by atoms with E-state index in [1.165, 1.54) is 20.5 Å². The third-order valence-electron chi connectivity index (χ3n) is 2.78. The minimum absolute atomic E-state index is 0.399. The maximum atomic E-state index is 12.4. The van der Waals surface area contributed by atoms with E-state index in [0.717, 1.165) is 11.1 Å². The highest BCUT2D eigenvalue weighted by Crippen LogP contribution is 2.61. The van der Waals surface area contributed by atoms with E-state index in [-0.39, 0.29) is 0 Å². The topological polar surface area (TPSA) is 54.0 Å². The van der Waals surface area contributed by atoms with Crippen molar-refractivity contribution in [3.8, 4) is 0 Å². The second-order valence-electron chi connectivity index (χ2n) is 3.66. The van der Waals surface area contributed by atoms with E-state index in [1.807, 2.05) is 24.3 Å². The average molecular weight is 270 g/mol. The number of ether oxygens (including phenoxy) is 2. The Labute approximate surface area is 106 Å². The minimum Gasteiger partial charge on any atom is -0.467 e. The second kappa shape index (κ2) is 5.24. The zero-order valence-corrected chi connectivity index (χ0v) is 11.3. The van der Waals surface area contributed by atoms with E-state index >= 15 is 0 Å². The van der Waals surface area contributed by atoms with E-state index in [2.05, 4.69) is 0 Å². The standard InChI is InChI=1S/C12H15O5P/c1-14-12-10-7-5-4-6-9(10)11(8-17-12)18(13,15-2)16-3/h4-8,12H,1-3H3. The number of hydrogen-bond acceptors (Lipinski definition) is 5. The van der Waals surface area contributed by atoms with Crippen LogP contribution in [0.1, 0.15) is 17.4 Å². The molecular weight excluding hydrogens is 255 g/mol. The zero-order valence-electron chi connectivity index (χ0n) is 10.5. The van der Waals surface area contributed by atoms with Crippen LogP contribution < -0.4 is 0 Å². The molecule has 2 rings (SSSR count). The summed E-state index contributed by atoms with van der Waals surface area (Å²) in [6.07, 6.45) is 0.872. The molecule has 18 heavy (non-hydrogen) atoms. The molecule has 0 radical (unpaired) electrons. The van der Waals surface area contributed by atoms with Crippen LogP contribution in [0.15, 0.2) is 30.5 Å². The fourth-order valence-electron chi connectivity index (χ4n) is 1.86. The van der Waals surface area contributed by atoms with Crippen LogP contribution in [0, 0.1) is 0 Å². The number of rotatable bonds is 4. The fourth-order valence-corrected chi connectivity index (χ4v) is 3.10. The van der Waals surface area contributed by atoms with Crippen molar-refractivity contribution >= 4 is 12.9 Å². The maximum Gasteiger partial charge on any atom is 0.364 e. The average Bonchev–Trinajstić information content (AvgIpc) is 2.45. The van der Waals surface area contributed by atoms with Gasteiger partial charge in [0.15, 0.2) is 0 Å². The van der Waals surface area contributed by atoms with Crippen molar-refractivity contribution in [1.29, 1.82) is 0 Å². The monoisotopic (exact) mass is 270 g/mol. The van der Waals surface area contributed by atoms with Crippen molar-refractivity contribution in [2.24, 2.45) is 0 Å². The van der Waals surface area contributed by atoms with Gasteiger partial charge in [0.25, 0.3) is 0 Å². The molecular formula is C12H15O5P. The van der Waals surface area contributed by atoms with Gasteiger partial charge >= 0.3 is 7.60 Å². The molecule has 1 aliphatic heterocycles. The normalized spacial score (nSPS) is 18.8. The highest BCUT2D eigenvalue weighted by Gasteiger charge is 2.35. The predicted octanol–water partition coefficient (Wildman–Crippen LogP) is 3.15. The molecule has 1 aromatic carbocycles. The molecule has 0 bridgehead atoms. The third kappa shape index (κ3) is 2.10. The van der Waals surface area contributed by atoms with Gasteiger partial charge < -0.3 is 18.5 Å². The Morgan fingerprint density at radius 2 is 1.83 bits per heavy atom. The molecule has 1 heterocycles. The van der Waals surface area contributed by atoms with Gasteiger partial charge in [0, 0.05) is 32.5 Å². The first kappa shape index (κ1) is 13.3. The molecule has 0 aliphatic carbocycles. The molecule has 0 amide bonds. The Kier molecular flexibility index (Phi) is 3.88. The summed E-state index contributed by atoms with van der Waals surface area (Å²) in [6, 6.07) is 7.40. The van der Waals surface area contributed by atoms with Crippen LogP contribution in [0.4, 0.5) is 0 Å². The number of methoxy groups -OCH3 is 1. The van der Waals surface area contributed by atoms with E-state index in [4.69, 9.17) is 18.5 Å². The van der Waals surface area contributed by atoms with Crippen LogP contribution >= 0.6 is 7.60 Å². The Morgan fingerprint density at radius 1 is 1.17 bits per heavy atom. The van der Waals surface area contributed by atoms with Gasteiger partial charge in [-0.15, -0.1) is 0 Å². The van der Waals surface area contributed by atoms with E-state index in [0.29, 0.717) is 5.31 Å². The second-order valence-corrected chi connectivity index (χ2v) is 5.86. The highest BCUT2D eigenvalue weighted by molar-refractivity contribution is 7.65. The molecule has 98 valence electrons. The summed E-state index contributed by atoms with van der Waals surface area (Å²) in [6.45, 7) is 0. The molecule has 0 spiro atoms. The lowest BCUT2D eigenvalue weighted by molar-refractivity contribution is -0.0876. The summed E-state index contributed by atoms with van der Waals surface area (Å²) >= 11 is 0. The smallest absolute Gasteiger partial charge is 0.364 e. The van der Waals surface area contributed by atoms with Gasteiger partial charge in [0.05, 0.1) is 0 Å². The van der Waals surface area contributed by atoms with E-state index in [9.17, 15) is 4.57 Å². The van der Waals surface area contributed by atoms with Crippen molar-refractivity contribution < 1.29 is 23.1 Å². The largest absolute Gasteiger partial charge is 0.467 e. The highest BCUT2D eigenvalue weighted by atomic mass is 31.2. The van der Waals surface area contributed by atoms with Gasteiger partial charge in [-0.3, -0.25) is 4.57 Å². The summed E-state index contributed by atoms with van der Waals surface area (Å²) in [7, 11) is 0.890. The van der Waals surface area contributed by atoms with Crippen molar-refractivity contribution in [2.45, 2.75) is 6.29 Å². The third-order valence-corrected chi connectivity index (χ3v) is 4.68. The Bertz CT molecular complexity index is 503. The van der Waals surface area contributed by atoms with Gasteiger partial charge in [0.1, 0.15) is 11.6 Å². The summed E-state index contributed by atoms with van der Waals surface area (Å²) < 4.78 is 33.0. The predicted molar refractivity (Wildman–Crippen MR) is 66.9 cm³/mol. The van der Waals surface area contributed by atoms with Crippen LogP contribution in [0.3, 0.4) is 0 Å². The van der Waals surface area contributed by atoms with Crippen molar-refractivity contribution in [3.63, 3.8) is 0 Å². The number of fused-ring (bicyclic) bond motifs is 1. The van der Waals surface area contributed by atoms with Crippen LogP contribution in [0.2, 0.25) is 0 Å². The molecule has 6 heteroatoms. The molecule has 1 aliphatic rings. The first-order valence-electron chi connectivity index (χ1n) is 5.36. The molecule has 1 atom stereocenters. The molecule has 1 aromatic rings. The first-order chi connectivity index (χ1) is 8.66. The molecule has 0 saturated heterocycles. The first-order valence-corrected chi connectivity index (χ1v) is 6.90. The zero-order chi connectivity index (χ0) is 13.2. The molecule has 5 nitrogen and oxygen atoms in total. The Hall–Kier alpha value is -1.13. The lowest BCUT2D eigenvalue weighted by atomic mass is 10.1. The van der Waals surface area contributed by atoms with Gasteiger partial charge in [-0.1, -0.05) is 24.3 Å². The van der Waals surface area contributed by atoms with Crippen molar-refractivity contribution in [2.75, 3.05) is 21.3 Å². The number of hydrogen-bond donors (Lipinski definition) is 0. The lowest BCUT2D eigenvalue weighted by Gasteiger charge is -2.27. The fraction of sp³-hybridized carbons (Fsp3) is 0.333. The molecule has 0 saturated carbocycles. The van der Waals surface area contributed by atoms with Gasteiger partial charge in [0.2, 0.25) is 6.29 Å². The van der Waals surface area contributed by atoms with E-state index in [1.54, 1.807) is 7.11 Å². The quantitative estimate of drug-likeness (QED) is 0.787. The van der Waals surface area contributed by atoms with Crippen molar-refractivity contribution in [3.05, 3.63) is 41.7 Å². The SMILES string of the molecule is COC1OC=C(P(=O)(OC)OC)c2ccccc21. The summed E-state index contributed by atoms with van der Waals surface area (Å²) in [5.41, 5.74) is 1.55. The van der Waals surface area contributed by atoms with Crippen LogP contribution in [0.5, 0.6) is 0 Å².